The van der Waals surface area contributed by atoms with Gasteiger partial charge in [-0.1, -0.05) is 0 Å². The summed E-state index contributed by atoms with van der Waals surface area (Å²) in [4.78, 5) is 12.7. The van der Waals surface area contributed by atoms with Crippen LogP contribution in [0.25, 0.3) is 6.08 Å². The number of hydrogen-bond acceptors (Lipinski definition) is 1. The van der Waals surface area contributed by atoms with E-state index in [1.54, 1.807) is 0 Å². The first-order valence-corrected chi connectivity index (χ1v) is 9.55. The van der Waals surface area contributed by atoms with E-state index in [4.69, 9.17) is 0 Å². The van der Waals surface area contributed by atoms with E-state index < -0.39 is 0 Å². The van der Waals surface area contributed by atoms with Crippen molar-refractivity contribution in [3.8, 4) is 0 Å². The van der Waals surface area contributed by atoms with Crippen molar-refractivity contribution in [2.75, 3.05) is 0 Å². The van der Waals surface area contributed by atoms with Crippen LogP contribution in [0.1, 0.15) is 60.0 Å². The molecule has 103 valence electrons. The Bertz CT molecular complexity index is 544. The molecule has 3 radical (unpaired) electrons. The third-order valence-corrected chi connectivity index (χ3v) is 5.99. The standard InChI is InChI=1S/C17H20NO.Pb/c19-17(18-14-9-2-1-3-10-14)16-12-6-8-13-7-4-5-11-15(13)16;/h5-6,8,11,14H,1-4,7,9-10H2,(H,18,19);. The van der Waals surface area contributed by atoms with Crippen molar-refractivity contribution in [3.05, 3.63) is 34.9 Å². The van der Waals surface area contributed by atoms with Gasteiger partial charge in [0.05, 0.1) is 0 Å². The zero-order valence-corrected chi connectivity index (χ0v) is 15.6. The van der Waals surface area contributed by atoms with E-state index in [1.807, 2.05) is 0 Å². The Morgan fingerprint density at radius 1 is 1.20 bits per heavy atom. The van der Waals surface area contributed by atoms with Gasteiger partial charge in [-0.05, 0) is 0 Å². The molecule has 0 bridgehead atoms. The summed E-state index contributed by atoms with van der Waals surface area (Å²) in [6.07, 6.45) is 12.6. The zero-order chi connectivity index (χ0) is 13.9. The molecule has 0 spiro atoms. The van der Waals surface area contributed by atoms with Crippen molar-refractivity contribution < 1.29 is 4.79 Å². The molecule has 0 heterocycles. The number of rotatable bonds is 2. The molecule has 3 heteroatoms. The molecule has 1 N–H and O–H groups in total. The number of carbonyl (C=O) groups is 1. The van der Waals surface area contributed by atoms with Gasteiger partial charge < -0.3 is 0 Å². The number of carbonyl (C=O) groups excluding carboxylic acids is 1. The van der Waals surface area contributed by atoms with Crippen molar-refractivity contribution in [3.63, 3.8) is 0 Å². The fourth-order valence-electron chi connectivity index (χ4n) is 3.26. The number of hydrogen-bond donors (Lipinski definition) is 1. The first kappa shape index (κ1) is 14.3. The summed E-state index contributed by atoms with van der Waals surface area (Å²) in [5.74, 6) is 0.158. The second-order valence-electron chi connectivity index (χ2n) is 5.81. The fourth-order valence-corrected chi connectivity index (χ4v) is 4.55. The normalized spacial score (nSPS) is 18.6. The van der Waals surface area contributed by atoms with Gasteiger partial charge in [0.1, 0.15) is 0 Å². The summed E-state index contributed by atoms with van der Waals surface area (Å²) in [5.41, 5.74) is 3.47. The van der Waals surface area contributed by atoms with Crippen LogP contribution >= 0.6 is 0 Å². The van der Waals surface area contributed by atoms with Gasteiger partial charge in [0.2, 0.25) is 0 Å². The van der Waals surface area contributed by atoms with E-state index in [0.29, 0.717) is 6.04 Å². The molecule has 0 unspecified atom stereocenters. The van der Waals surface area contributed by atoms with Gasteiger partial charge in [0, 0.05) is 0 Å². The van der Waals surface area contributed by atoms with Crippen LogP contribution in [0.3, 0.4) is 0 Å². The fraction of sp³-hybridized carbons (Fsp3) is 0.471. The van der Waals surface area contributed by atoms with Crippen molar-refractivity contribution in [2.45, 2.75) is 51.0 Å². The van der Waals surface area contributed by atoms with Crippen LogP contribution in [-0.4, -0.2) is 37.7 Å². The van der Waals surface area contributed by atoms with Crippen molar-refractivity contribution in [1.82, 2.24) is 5.32 Å². The summed E-state index contributed by atoms with van der Waals surface area (Å²) in [6.45, 7) is 0. The molecular weight excluding hydrogens is 441 g/mol. The average molecular weight is 462 g/mol. The Morgan fingerprint density at radius 3 is 2.80 bits per heavy atom. The summed E-state index contributed by atoms with van der Waals surface area (Å²) in [5, 5.41) is 3.28. The maximum absolute atomic E-state index is 12.7. The molecule has 2 aliphatic rings. The van der Waals surface area contributed by atoms with E-state index in [9.17, 15) is 4.79 Å². The van der Waals surface area contributed by atoms with E-state index in [2.05, 4.69) is 29.6 Å². The van der Waals surface area contributed by atoms with Crippen LogP contribution in [0, 0.1) is 0 Å². The minimum absolute atomic E-state index is 0.158. The van der Waals surface area contributed by atoms with E-state index in [-0.39, 0.29) is 5.91 Å². The number of allylic oxidation sites excluding steroid dienone is 1. The number of fused-ring (bicyclic) bond motifs is 1. The van der Waals surface area contributed by atoms with Crippen molar-refractivity contribution in [1.29, 1.82) is 0 Å². The van der Waals surface area contributed by atoms with Crippen LogP contribution in [0.4, 0.5) is 0 Å². The zero-order valence-electron chi connectivity index (χ0n) is 11.7. The molecule has 0 aliphatic heterocycles. The monoisotopic (exact) mass is 462 g/mol. The Kier molecular flexibility index (Phi) is 4.58. The topological polar surface area (TPSA) is 29.1 Å². The van der Waals surface area contributed by atoms with Crippen molar-refractivity contribution >= 4 is 40.9 Å². The molecule has 1 aromatic carbocycles. The molecule has 0 aromatic heterocycles. The van der Waals surface area contributed by atoms with Crippen LogP contribution in [0.5, 0.6) is 0 Å². The third-order valence-electron chi connectivity index (χ3n) is 4.37. The van der Waals surface area contributed by atoms with Gasteiger partial charge in [-0.2, -0.15) is 0 Å². The Morgan fingerprint density at radius 2 is 2.00 bits per heavy atom. The van der Waals surface area contributed by atoms with E-state index in [1.165, 1.54) is 33.5 Å². The molecule has 20 heavy (non-hydrogen) atoms. The quantitative estimate of drug-likeness (QED) is 0.674. The average Bonchev–Trinajstić information content (AvgIpc) is 2.48. The van der Waals surface area contributed by atoms with E-state index in [0.717, 1.165) is 57.0 Å². The van der Waals surface area contributed by atoms with Gasteiger partial charge in [0.25, 0.3) is 0 Å². The molecule has 3 rings (SSSR count). The van der Waals surface area contributed by atoms with Crippen molar-refractivity contribution in [2.24, 2.45) is 0 Å². The van der Waals surface area contributed by atoms with Gasteiger partial charge in [-0.25, -0.2) is 0 Å². The number of benzene rings is 1. The molecule has 0 atom stereocenters. The predicted octanol–water partition coefficient (Wildman–Crippen LogP) is 2.50. The number of nitrogens with one attached hydrogen (secondary N) is 1. The number of amides is 1. The van der Waals surface area contributed by atoms with Gasteiger partial charge in [-0.15, -0.1) is 0 Å². The molecule has 1 aromatic rings. The second kappa shape index (κ2) is 6.41. The summed E-state index contributed by atoms with van der Waals surface area (Å²) < 4.78 is 1.23. The van der Waals surface area contributed by atoms with Gasteiger partial charge in [0.15, 0.2) is 0 Å². The molecular formula is C17H20NOPb. The number of aryl methyl sites for hydroxylation is 1. The van der Waals surface area contributed by atoms with E-state index >= 15 is 0 Å². The van der Waals surface area contributed by atoms with Crippen LogP contribution in [0.15, 0.2) is 18.2 Å². The van der Waals surface area contributed by atoms with Crippen LogP contribution in [0.2, 0.25) is 0 Å². The summed E-state index contributed by atoms with van der Waals surface area (Å²) >= 11 is 0.925. The minimum atomic E-state index is 0.158. The molecule has 2 nitrogen and oxygen atoms in total. The molecule has 0 saturated heterocycles. The molecule has 1 saturated carbocycles. The van der Waals surface area contributed by atoms with Crippen LogP contribution in [-0.2, 0) is 6.42 Å². The Labute approximate surface area is 136 Å². The third kappa shape index (κ3) is 3.00. The maximum atomic E-state index is 12.7. The van der Waals surface area contributed by atoms with Gasteiger partial charge in [-0.3, -0.25) is 0 Å². The Hall–Kier alpha value is -0.648. The van der Waals surface area contributed by atoms with Gasteiger partial charge >= 0.3 is 137 Å². The molecule has 2 aliphatic carbocycles. The second-order valence-corrected chi connectivity index (χ2v) is 7.90. The summed E-state index contributed by atoms with van der Waals surface area (Å²) in [6, 6.07) is 4.75. The molecule has 1 amide bonds. The molecule has 1 fully saturated rings. The summed E-state index contributed by atoms with van der Waals surface area (Å²) in [7, 11) is 0. The predicted molar refractivity (Wildman–Crippen MR) is 83.5 cm³/mol. The first-order chi connectivity index (χ1) is 9.75. The Balaban J connectivity index is 1.85. The SMILES string of the molecule is O=C(NC1CCCCC1)c1[c]([Pb])ccc2c1C=CCC2. The first-order valence-electron chi connectivity index (χ1n) is 7.60. The van der Waals surface area contributed by atoms with Crippen LogP contribution < -0.4 is 8.44 Å².